The Kier molecular flexibility index (Phi) is 5.15. The van der Waals surface area contributed by atoms with Crippen LogP contribution in [0.15, 0.2) is 6.20 Å². The predicted octanol–water partition coefficient (Wildman–Crippen LogP) is 1.51. The molecule has 0 aliphatic heterocycles. The molecule has 0 radical (unpaired) electrons. The lowest BCUT2D eigenvalue weighted by Gasteiger charge is -2.21. The van der Waals surface area contributed by atoms with E-state index in [4.69, 9.17) is 0 Å². The lowest BCUT2D eigenvalue weighted by Crippen LogP contribution is -2.35. The number of hydrogen-bond acceptors (Lipinski definition) is 4. The zero-order valence-electron chi connectivity index (χ0n) is 12.5. The molecule has 0 aromatic carbocycles. The molecule has 110 valence electrons. The third kappa shape index (κ3) is 6.20. The van der Waals surface area contributed by atoms with Gasteiger partial charge in [0.1, 0.15) is 15.7 Å². The summed E-state index contributed by atoms with van der Waals surface area (Å²) in [7, 11) is -2.89. The summed E-state index contributed by atoms with van der Waals surface area (Å²) >= 11 is 0. The lowest BCUT2D eigenvalue weighted by atomic mass is 10.1. The van der Waals surface area contributed by atoms with Crippen LogP contribution in [-0.2, 0) is 22.9 Å². The van der Waals surface area contributed by atoms with E-state index < -0.39 is 9.84 Å². The van der Waals surface area contributed by atoms with Gasteiger partial charge < -0.3 is 9.88 Å². The second kappa shape index (κ2) is 6.05. The monoisotopic (exact) mass is 287 g/mol. The molecule has 0 atom stereocenters. The highest BCUT2D eigenvalue weighted by Crippen LogP contribution is 2.09. The summed E-state index contributed by atoms with van der Waals surface area (Å²) in [6, 6.07) is 0. The average Bonchev–Trinajstić information content (AvgIpc) is 2.55. The SMILES string of the molecule is Cc1ncc(CNC(C)(C)C)n1CCCS(C)(=O)=O. The van der Waals surface area contributed by atoms with Crippen LogP contribution in [0, 0.1) is 6.92 Å². The smallest absolute Gasteiger partial charge is 0.147 e. The summed E-state index contributed by atoms with van der Waals surface area (Å²) in [5.74, 6) is 1.15. The second-order valence-electron chi connectivity index (χ2n) is 6.04. The number of imidazole rings is 1. The topological polar surface area (TPSA) is 64.0 Å². The molecule has 0 unspecified atom stereocenters. The van der Waals surface area contributed by atoms with Gasteiger partial charge in [-0.3, -0.25) is 0 Å². The molecular formula is C13H25N3O2S. The Labute approximate surface area is 116 Å². The third-order valence-corrected chi connectivity index (χ3v) is 3.86. The Balaban J connectivity index is 2.64. The zero-order chi connectivity index (χ0) is 14.7. The van der Waals surface area contributed by atoms with Crippen molar-refractivity contribution in [2.45, 2.75) is 52.7 Å². The number of nitrogens with zero attached hydrogens (tertiary/aromatic N) is 2. The number of nitrogens with one attached hydrogen (secondary N) is 1. The van der Waals surface area contributed by atoms with Crippen LogP contribution in [0.1, 0.15) is 38.7 Å². The van der Waals surface area contributed by atoms with Gasteiger partial charge >= 0.3 is 0 Å². The molecule has 1 aromatic rings. The standard InChI is InChI=1S/C13H25N3O2S/c1-11-14-9-12(10-15-13(2,3)4)16(11)7-6-8-19(5,17)18/h9,15H,6-8,10H2,1-5H3. The van der Waals surface area contributed by atoms with Crippen molar-refractivity contribution in [3.63, 3.8) is 0 Å². The number of hydrogen-bond donors (Lipinski definition) is 1. The summed E-state index contributed by atoms with van der Waals surface area (Å²) in [6.07, 6.45) is 3.75. The molecule has 19 heavy (non-hydrogen) atoms. The Morgan fingerprint density at radius 1 is 1.37 bits per heavy atom. The minimum atomic E-state index is -2.89. The van der Waals surface area contributed by atoms with Gasteiger partial charge in [-0.15, -0.1) is 0 Å². The van der Waals surface area contributed by atoms with Gasteiger partial charge in [-0.25, -0.2) is 13.4 Å². The molecule has 5 nitrogen and oxygen atoms in total. The molecule has 0 aliphatic rings. The average molecular weight is 287 g/mol. The van der Waals surface area contributed by atoms with Gasteiger partial charge in [0.2, 0.25) is 0 Å². The summed E-state index contributed by atoms with van der Waals surface area (Å²) in [5, 5.41) is 3.42. The largest absolute Gasteiger partial charge is 0.331 e. The Morgan fingerprint density at radius 2 is 2.00 bits per heavy atom. The number of sulfone groups is 1. The zero-order valence-corrected chi connectivity index (χ0v) is 13.3. The van der Waals surface area contributed by atoms with Gasteiger partial charge in [-0.2, -0.15) is 0 Å². The summed E-state index contributed by atoms with van der Waals surface area (Å²) in [6.45, 7) is 9.73. The normalized spacial score (nSPS) is 12.9. The van der Waals surface area contributed by atoms with Crippen LogP contribution in [0.5, 0.6) is 0 Å². The van der Waals surface area contributed by atoms with Crippen LogP contribution in [0.4, 0.5) is 0 Å². The van der Waals surface area contributed by atoms with E-state index in [-0.39, 0.29) is 11.3 Å². The quantitative estimate of drug-likeness (QED) is 0.861. The van der Waals surface area contributed by atoms with Crippen LogP contribution in [0.2, 0.25) is 0 Å². The molecule has 1 rings (SSSR count). The van der Waals surface area contributed by atoms with Crippen LogP contribution in [0.25, 0.3) is 0 Å². The molecular weight excluding hydrogens is 262 g/mol. The summed E-state index contributed by atoms with van der Waals surface area (Å²) in [4.78, 5) is 4.31. The van der Waals surface area contributed by atoms with Crippen molar-refractivity contribution in [3.8, 4) is 0 Å². The molecule has 0 amide bonds. The predicted molar refractivity (Wildman–Crippen MR) is 77.9 cm³/mol. The lowest BCUT2D eigenvalue weighted by molar-refractivity contribution is 0.414. The first-order valence-corrected chi connectivity index (χ1v) is 8.58. The van der Waals surface area contributed by atoms with Gasteiger partial charge in [0.25, 0.3) is 0 Å². The maximum Gasteiger partial charge on any atom is 0.147 e. The first-order chi connectivity index (χ1) is 8.58. The van der Waals surface area contributed by atoms with E-state index in [9.17, 15) is 8.42 Å². The van der Waals surface area contributed by atoms with E-state index in [2.05, 4.69) is 35.6 Å². The van der Waals surface area contributed by atoms with Crippen LogP contribution in [0.3, 0.4) is 0 Å². The number of aromatic nitrogens is 2. The Morgan fingerprint density at radius 3 is 2.53 bits per heavy atom. The highest BCUT2D eigenvalue weighted by atomic mass is 32.2. The number of aryl methyl sites for hydroxylation is 1. The molecule has 0 aliphatic carbocycles. The molecule has 0 saturated heterocycles. The first-order valence-electron chi connectivity index (χ1n) is 6.52. The van der Waals surface area contributed by atoms with Crippen molar-refractivity contribution in [1.82, 2.24) is 14.9 Å². The van der Waals surface area contributed by atoms with Crippen LogP contribution >= 0.6 is 0 Å². The Hall–Kier alpha value is -0.880. The summed E-state index contributed by atoms with van der Waals surface area (Å²) < 4.78 is 24.4. The van der Waals surface area contributed by atoms with Crippen molar-refractivity contribution in [2.24, 2.45) is 0 Å². The van der Waals surface area contributed by atoms with Crippen molar-refractivity contribution >= 4 is 9.84 Å². The molecule has 0 bridgehead atoms. The van der Waals surface area contributed by atoms with Gasteiger partial charge in [0.15, 0.2) is 0 Å². The molecule has 6 heteroatoms. The van der Waals surface area contributed by atoms with E-state index in [1.807, 2.05) is 13.1 Å². The van der Waals surface area contributed by atoms with Crippen LogP contribution < -0.4 is 5.32 Å². The third-order valence-electron chi connectivity index (χ3n) is 2.83. The minimum absolute atomic E-state index is 0.0514. The van der Waals surface area contributed by atoms with Gasteiger partial charge in [0.05, 0.1) is 11.4 Å². The van der Waals surface area contributed by atoms with E-state index in [1.165, 1.54) is 6.26 Å². The summed E-state index contributed by atoms with van der Waals surface area (Å²) in [5.41, 5.74) is 1.15. The Bertz CT molecular complexity index is 512. The van der Waals surface area contributed by atoms with E-state index in [0.29, 0.717) is 13.0 Å². The molecule has 0 fully saturated rings. The molecule has 0 spiro atoms. The van der Waals surface area contributed by atoms with E-state index in [0.717, 1.165) is 18.1 Å². The first kappa shape index (κ1) is 16.2. The van der Waals surface area contributed by atoms with Crippen molar-refractivity contribution < 1.29 is 8.42 Å². The van der Waals surface area contributed by atoms with Gasteiger partial charge in [-0.05, 0) is 34.1 Å². The van der Waals surface area contributed by atoms with Gasteiger partial charge in [0, 0.05) is 31.1 Å². The minimum Gasteiger partial charge on any atom is -0.331 e. The maximum atomic E-state index is 11.1. The van der Waals surface area contributed by atoms with Crippen molar-refractivity contribution in [3.05, 3.63) is 17.7 Å². The highest BCUT2D eigenvalue weighted by Gasteiger charge is 2.12. The maximum absolute atomic E-state index is 11.1. The molecule has 1 heterocycles. The fourth-order valence-electron chi connectivity index (χ4n) is 1.80. The van der Waals surface area contributed by atoms with Crippen molar-refractivity contribution in [1.29, 1.82) is 0 Å². The highest BCUT2D eigenvalue weighted by molar-refractivity contribution is 7.90. The fraction of sp³-hybridized carbons (Fsp3) is 0.769. The van der Waals surface area contributed by atoms with Crippen molar-refractivity contribution in [2.75, 3.05) is 12.0 Å². The van der Waals surface area contributed by atoms with E-state index >= 15 is 0 Å². The molecule has 1 aromatic heterocycles. The van der Waals surface area contributed by atoms with Gasteiger partial charge in [-0.1, -0.05) is 0 Å². The van der Waals surface area contributed by atoms with E-state index in [1.54, 1.807) is 0 Å². The number of rotatable bonds is 6. The molecule has 1 N–H and O–H groups in total. The second-order valence-corrected chi connectivity index (χ2v) is 8.30. The molecule has 0 saturated carbocycles. The fourth-order valence-corrected chi connectivity index (χ4v) is 2.46. The van der Waals surface area contributed by atoms with Crippen LogP contribution in [-0.4, -0.2) is 35.5 Å².